The molecule has 2 saturated heterocycles. The molecule has 2 aliphatic heterocycles. The van der Waals surface area contributed by atoms with E-state index in [1.165, 1.54) is 0 Å². The zero-order chi connectivity index (χ0) is 17.3. The van der Waals surface area contributed by atoms with E-state index in [0.717, 1.165) is 37.1 Å². The van der Waals surface area contributed by atoms with Gasteiger partial charge in [0.05, 0.1) is 0 Å². The number of urea groups is 1. The molecule has 3 aliphatic rings. The molecule has 2 heterocycles. The van der Waals surface area contributed by atoms with Gasteiger partial charge in [-0.2, -0.15) is 0 Å². The standard InChI is InChI=1S/C17H28N4O3/c1-12-5-3-4-7-17(12)15(23)21(16(24)19-17)11-14(22)20-8-6-13(10-20)9-18-2/h12-13,18H,3-11H2,1-2H3,(H,19,24). The Morgan fingerprint density at radius 2 is 2.12 bits per heavy atom. The van der Waals surface area contributed by atoms with Gasteiger partial charge in [0.2, 0.25) is 5.91 Å². The van der Waals surface area contributed by atoms with Crippen molar-refractivity contribution in [2.24, 2.45) is 11.8 Å². The van der Waals surface area contributed by atoms with E-state index in [1.807, 2.05) is 14.0 Å². The van der Waals surface area contributed by atoms with Crippen molar-refractivity contribution < 1.29 is 14.4 Å². The minimum Gasteiger partial charge on any atom is -0.341 e. The molecule has 3 atom stereocenters. The van der Waals surface area contributed by atoms with E-state index in [9.17, 15) is 14.4 Å². The van der Waals surface area contributed by atoms with Gasteiger partial charge in [-0.25, -0.2) is 4.79 Å². The molecule has 3 unspecified atom stereocenters. The summed E-state index contributed by atoms with van der Waals surface area (Å²) < 4.78 is 0. The first-order valence-electron chi connectivity index (χ1n) is 9.04. The summed E-state index contributed by atoms with van der Waals surface area (Å²) in [6.07, 6.45) is 4.61. The normalized spacial score (nSPS) is 33.4. The van der Waals surface area contributed by atoms with E-state index in [1.54, 1.807) is 4.90 Å². The monoisotopic (exact) mass is 336 g/mol. The molecule has 7 nitrogen and oxygen atoms in total. The van der Waals surface area contributed by atoms with Crippen LogP contribution in [0.3, 0.4) is 0 Å². The lowest BCUT2D eigenvalue weighted by Crippen LogP contribution is -2.54. The van der Waals surface area contributed by atoms with Gasteiger partial charge in [-0.1, -0.05) is 19.8 Å². The number of nitrogens with one attached hydrogen (secondary N) is 2. The fraction of sp³-hybridized carbons (Fsp3) is 0.824. The number of imide groups is 1. The summed E-state index contributed by atoms with van der Waals surface area (Å²) in [5.41, 5.74) is -0.782. The maximum absolute atomic E-state index is 12.9. The lowest BCUT2D eigenvalue weighted by Gasteiger charge is -2.36. The summed E-state index contributed by atoms with van der Waals surface area (Å²) >= 11 is 0. The number of carbonyl (C=O) groups excluding carboxylic acids is 3. The molecule has 7 heteroatoms. The average molecular weight is 336 g/mol. The second-order valence-corrected chi connectivity index (χ2v) is 7.49. The van der Waals surface area contributed by atoms with Gasteiger partial charge in [0, 0.05) is 13.1 Å². The molecule has 0 bridgehead atoms. The lowest BCUT2D eigenvalue weighted by molar-refractivity contribution is -0.140. The van der Waals surface area contributed by atoms with E-state index < -0.39 is 11.6 Å². The summed E-state index contributed by atoms with van der Waals surface area (Å²) in [6, 6.07) is -0.409. The molecule has 134 valence electrons. The van der Waals surface area contributed by atoms with Gasteiger partial charge in [0.15, 0.2) is 0 Å². The van der Waals surface area contributed by atoms with Crippen LogP contribution in [0.1, 0.15) is 39.0 Å². The smallest absolute Gasteiger partial charge is 0.325 e. The largest absolute Gasteiger partial charge is 0.341 e. The third-order valence-electron chi connectivity index (χ3n) is 5.93. The van der Waals surface area contributed by atoms with Crippen molar-refractivity contribution in [3.8, 4) is 0 Å². The number of hydrogen-bond acceptors (Lipinski definition) is 4. The Hall–Kier alpha value is -1.63. The van der Waals surface area contributed by atoms with E-state index >= 15 is 0 Å². The molecule has 0 radical (unpaired) electrons. The number of rotatable bonds is 4. The molecular weight excluding hydrogens is 308 g/mol. The fourth-order valence-corrected chi connectivity index (χ4v) is 4.39. The van der Waals surface area contributed by atoms with Gasteiger partial charge in [-0.05, 0) is 44.7 Å². The lowest BCUT2D eigenvalue weighted by atomic mass is 9.73. The van der Waals surface area contributed by atoms with Gasteiger partial charge in [0.1, 0.15) is 12.1 Å². The number of hydrogen-bond donors (Lipinski definition) is 2. The summed E-state index contributed by atoms with van der Waals surface area (Å²) in [5, 5.41) is 6.03. The van der Waals surface area contributed by atoms with Crippen LogP contribution in [0.2, 0.25) is 0 Å². The molecule has 2 N–H and O–H groups in total. The number of nitrogens with zero attached hydrogens (tertiary/aromatic N) is 2. The van der Waals surface area contributed by atoms with E-state index in [4.69, 9.17) is 0 Å². The molecule has 1 saturated carbocycles. The molecule has 0 aromatic carbocycles. The van der Waals surface area contributed by atoms with Crippen LogP contribution in [0, 0.1) is 11.8 Å². The Kier molecular flexibility index (Phi) is 4.80. The molecule has 1 spiro atoms. The van der Waals surface area contributed by atoms with Crippen molar-refractivity contribution in [3.63, 3.8) is 0 Å². The van der Waals surface area contributed by atoms with Crippen LogP contribution in [0.4, 0.5) is 4.79 Å². The highest BCUT2D eigenvalue weighted by Gasteiger charge is 2.55. The fourth-order valence-electron chi connectivity index (χ4n) is 4.39. The second kappa shape index (κ2) is 6.70. The molecule has 0 aromatic heterocycles. The average Bonchev–Trinajstić information content (AvgIpc) is 3.10. The Labute approximate surface area is 143 Å². The van der Waals surface area contributed by atoms with Crippen LogP contribution < -0.4 is 10.6 Å². The van der Waals surface area contributed by atoms with Gasteiger partial charge in [0.25, 0.3) is 5.91 Å². The predicted octanol–water partition coefficient (Wildman–Crippen LogP) is 0.555. The summed E-state index contributed by atoms with van der Waals surface area (Å²) in [5.74, 6) is 0.234. The van der Waals surface area contributed by atoms with Crippen LogP contribution in [0.5, 0.6) is 0 Å². The quantitative estimate of drug-likeness (QED) is 0.735. The zero-order valence-corrected chi connectivity index (χ0v) is 14.6. The van der Waals surface area contributed by atoms with Crippen LogP contribution >= 0.6 is 0 Å². The van der Waals surface area contributed by atoms with Gasteiger partial charge >= 0.3 is 6.03 Å². The first-order valence-corrected chi connectivity index (χ1v) is 9.04. The molecule has 1 aliphatic carbocycles. The maximum atomic E-state index is 12.9. The second-order valence-electron chi connectivity index (χ2n) is 7.49. The Morgan fingerprint density at radius 1 is 1.33 bits per heavy atom. The number of carbonyl (C=O) groups is 3. The van der Waals surface area contributed by atoms with Gasteiger partial charge in [-0.3, -0.25) is 14.5 Å². The van der Waals surface area contributed by atoms with Crippen molar-refractivity contribution in [1.82, 2.24) is 20.4 Å². The minimum absolute atomic E-state index is 0.120. The highest BCUT2D eigenvalue weighted by molar-refractivity contribution is 6.09. The van der Waals surface area contributed by atoms with E-state index in [2.05, 4.69) is 10.6 Å². The molecule has 24 heavy (non-hydrogen) atoms. The van der Waals surface area contributed by atoms with Gasteiger partial charge < -0.3 is 15.5 Å². The minimum atomic E-state index is -0.782. The first-order chi connectivity index (χ1) is 11.5. The maximum Gasteiger partial charge on any atom is 0.325 e. The molecule has 4 amide bonds. The zero-order valence-electron chi connectivity index (χ0n) is 14.6. The van der Waals surface area contributed by atoms with Crippen LogP contribution in [-0.4, -0.2) is 66.4 Å². The van der Waals surface area contributed by atoms with E-state index in [0.29, 0.717) is 25.4 Å². The highest BCUT2D eigenvalue weighted by atomic mass is 16.2. The highest BCUT2D eigenvalue weighted by Crippen LogP contribution is 2.38. The van der Waals surface area contributed by atoms with Crippen molar-refractivity contribution in [1.29, 1.82) is 0 Å². The topological polar surface area (TPSA) is 81.8 Å². The van der Waals surface area contributed by atoms with Crippen molar-refractivity contribution in [2.75, 3.05) is 33.2 Å². The van der Waals surface area contributed by atoms with Crippen molar-refractivity contribution in [2.45, 2.75) is 44.6 Å². The molecule has 3 rings (SSSR count). The molecule has 3 fully saturated rings. The summed E-state index contributed by atoms with van der Waals surface area (Å²) in [7, 11) is 1.91. The first kappa shape index (κ1) is 17.2. The predicted molar refractivity (Wildman–Crippen MR) is 89.2 cm³/mol. The van der Waals surface area contributed by atoms with Crippen LogP contribution in [0.25, 0.3) is 0 Å². The number of likely N-dealkylation sites (tertiary alicyclic amines) is 1. The van der Waals surface area contributed by atoms with E-state index in [-0.39, 0.29) is 24.3 Å². The van der Waals surface area contributed by atoms with Crippen LogP contribution in [-0.2, 0) is 9.59 Å². The SMILES string of the molecule is CNCC1CCN(C(=O)CN2C(=O)NC3(CCCCC3C)C2=O)C1. The Balaban J connectivity index is 1.64. The molecular formula is C17H28N4O3. The third kappa shape index (κ3) is 2.90. The van der Waals surface area contributed by atoms with Crippen LogP contribution in [0.15, 0.2) is 0 Å². The Bertz CT molecular complexity index is 538. The Morgan fingerprint density at radius 3 is 2.83 bits per heavy atom. The van der Waals surface area contributed by atoms with Crippen molar-refractivity contribution >= 4 is 17.8 Å². The summed E-state index contributed by atoms with van der Waals surface area (Å²) in [6.45, 7) is 4.17. The van der Waals surface area contributed by atoms with Crippen molar-refractivity contribution in [3.05, 3.63) is 0 Å². The number of amides is 4. The summed E-state index contributed by atoms with van der Waals surface area (Å²) in [4.78, 5) is 40.7. The molecule has 0 aromatic rings. The van der Waals surface area contributed by atoms with Gasteiger partial charge in [-0.15, -0.1) is 0 Å². The third-order valence-corrected chi connectivity index (χ3v) is 5.93.